The summed E-state index contributed by atoms with van der Waals surface area (Å²) in [4.78, 5) is 14.1. The standard InChI is InChI=1S/C14H22N2O2/c1-4-6-9-16(5-2)14(17)12-8-7-11(18-3)10-13(12)15/h7-8,10H,4-6,9,15H2,1-3H3. The number of ether oxygens (including phenoxy) is 1. The Balaban J connectivity index is 2.87. The first-order valence-corrected chi connectivity index (χ1v) is 6.36. The van der Waals surface area contributed by atoms with Crippen LogP contribution in [0.25, 0.3) is 0 Å². The van der Waals surface area contributed by atoms with Crippen molar-refractivity contribution in [3.05, 3.63) is 23.8 Å². The third kappa shape index (κ3) is 3.39. The normalized spacial score (nSPS) is 10.2. The molecule has 0 heterocycles. The van der Waals surface area contributed by atoms with E-state index < -0.39 is 0 Å². The van der Waals surface area contributed by atoms with E-state index in [2.05, 4.69) is 6.92 Å². The van der Waals surface area contributed by atoms with E-state index in [1.165, 1.54) is 0 Å². The maximum absolute atomic E-state index is 12.3. The lowest BCUT2D eigenvalue weighted by Gasteiger charge is -2.21. The van der Waals surface area contributed by atoms with Crippen LogP contribution in [0.1, 0.15) is 37.0 Å². The molecule has 0 aliphatic carbocycles. The smallest absolute Gasteiger partial charge is 0.255 e. The van der Waals surface area contributed by atoms with Crippen molar-refractivity contribution in [1.82, 2.24) is 4.90 Å². The van der Waals surface area contributed by atoms with Crippen molar-refractivity contribution >= 4 is 11.6 Å². The van der Waals surface area contributed by atoms with E-state index >= 15 is 0 Å². The molecule has 4 nitrogen and oxygen atoms in total. The van der Waals surface area contributed by atoms with Gasteiger partial charge in [0.25, 0.3) is 5.91 Å². The number of anilines is 1. The molecule has 0 fully saturated rings. The van der Waals surface area contributed by atoms with Crippen LogP contribution in [0.3, 0.4) is 0 Å². The van der Waals surface area contributed by atoms with E-state index in [1.54, 1.807) is 25.3 Å². The molecule has 0 unspecified atom stereocenters. The lowest BCUT2D eigenvalue weighted by atomic mass is 10.1. The molecule has 1 amide bonds. The van der Waals surface area contributed by atoms with Crippen LogP contribution in [0.4, 0.5) is 5.69 Å². The predicted octanol–water partition coefficient (Wildman–Crippen LogP) is 2.54. The number of amides is 1. The Kier molecular flexibility index (Phi) is 5.49. The zero-order valence-corrected chi connectivity index (χ0v) is 11.4. The number of carbonyl (C=O) groups excluding carboxylic acids is 1. The molecule has 0 atom stereocenters. The van der Waals surface area contributed by atoms with Crippen LogP contribution in [0.2, 0.25) is 0 Å². The molecule has 0 spiro atoms. The van der Waals surface area contributed by atoms with Crippen molar-refractivity contribution in [2.24, 2.45) is 0 Å². The minimum Gasteiger partial charge on any atom is -0.497 e. The Hall–Kier alpha value is -1.71. The number of benzene rings is 1. The molecule has 1 rings (SSSR count). The van der Waals surface area contributed by atoms with Gasteiger partial charge in [0.2, 0.25) is 0 Å². The Labute approximate surface area is 109 Å². The van der Waals surface area contributed by atoms with Crippen molar-refractivity contribution in [2.75, 3.05) is 25.9 Å². The molecular weight excluding hydrogens is 228 g/mol. The molecule has 4 heteroatoms. The van der Waals surface area contributed by atoms with E-state index in [0.29, 0.717) is 23.5 Å². The van der Waals surface area contributed by atoms with Crippen LogP contribution in [0.15, 0.2) is 18.2 Å². The predicted molar refractivity (Wildman–Crippen MR) is 73.9 cm³/mol. The molecule has 0 radical (unpaired) electrons. The van der Waals surface area contributed by atoms with Gasteiger partial charge in [0, 0.05) is 24.8 Å². The highest BCUT2D eigenvalue weighted by molar-refractivity contribution is 5.99. The lowest BCUT2D eigenvalue weighted by molar-refractivity contribution is 0.0763. The second-order valence-electron chi connectivity index (χ2n) is 4.19. The molecule has 0 saturated heterocycles. The Morgan fingerprint density at radius 1 is 1.39 bits per heavy atom. The molecule has 2 N–H and O–H groups in total. The molecule has 1 aromatic rings. The monoisotopic (exact) mass is 250 g/mol. The molecule has 0 bridgehead atoms. The first-order chi connectivity index (χ1) is 8.63. The van der Waals surface area contributed by atoms with Gasteiger partial charge in [0.05, 0.1) is 12.7 Å². The number of carbonyl (C=O) groups is 1. The van der Waals surface area contributed by atoms with Crippen LogP contribution in [-0.2, 0) is 0 Å². The zero-order chi connectivity index (χ0) is 13.5. The fraction of sp³-hybridized carbons (Fsp3) is 0.500. The summed E-state index contributed by atoms with van der Waals surface area (Å²) in [7, 11) is 1.58. The average Bonchev–Trinajstić information content (AvgIpc) is 2.39. The first kappa shape index (κ1) is 14.4. The number of nitrogen functional groups attached to an aromatic ring is 1. The molecule has 0 saturated carbocycles. The third-order valence-corrected chi connectivity index (χ3v) is 2.94. The van der Waals surface area contributed by atoms with Gasteiger partial charge in [0.15, 0.2) is 0 Å². The fourth-order valence-electron chi connectivity index (χ4n) is 1.79. The van der Waals surface area contributed by atoms with Gasteiger partial charge >= 0.3 is 0 Å². The summed E-state index contributed by atoms with van der Waals surface area (Å²) in [6, 6.07) is 5.17. The van der Waals surface area contributed by atoms with Crippen LogP contribution < -0.4 is 10.5 Å². The van der Waals surface area contributed by atoms with Crippen LogP contribution >= 0.6 is 0 Å². The fourth-order valence-corrected chi connectivity index (χ4v) is 1.79. The molecule has 18 heavy (non-hydrogen) atoms. The van der Waals surface area contributed by atoms with Gasteiger partial charge < -0.3 is 15.4 Å². The van der Waals surface area contributed by atoms with Crippen molar-refractivity contribution in [3.8, 4) is 5.75 Å². The SMILES string of the molecule is CCCCN(CC)C(=O)c1ccc(OC)cc1N. The third-order valence-electron chi connectivity index (χ3n) is 2.94. The van der Waals surface area contributed by atoms with Crippen molar-refractivity contribution in [2.45, 2.75) is 26.7 Å². The number of hydrogen-bond donors (Lipinski definition) is 1. The number of nitrogens with two attached hydrogens (primary N) is 1. The number of rotatable bonds is 6. The second kappa shape index (κ2) is 6.89. The minimum atomic E-state index is -0.00824. The minimum absolute atomic E-state index is 0.00824. The molecule has 0 aliphatic rings. The number of methoxy groups -OCH3 is 1. The van der Waals surface area contributed by atoms with Gasteiger partial charge in [-0.1, -0.05) is 13.3 Å². The van der Waals surface area contributed by atoms with Gasteiger partial charge in [-0.2, -0.15) is 0 Å². The van der Waals surface area contributed by atoms with Crippen molar-refractivity contribution < 1.29 is 9.53 Å². The molecule has 100 valence electrons. The van der Waals surface area contributed by atoms with Crippen molar-refractivity contribution in [1.29, 1.82) is 0 Å². The second-order valence-corrected chi connectivity index (χ2v) is 4.19. The van der Waals surface area contributed by atoms with E-state index in [-0.39, 0.29) is 5.91 Å². The topological polar surface area (TPSA) is 55.6 Å². The van der Waals surface area contributed by atoms with Crippen molar-refractivity contribution in [3.63, 3.8) is 0 Å². The van der Waals surface area contributed by atoms with Crippen LogP contribution in [0.5, 0.6) is 5.75 Å². The quantitative estimate of drug-likeness (QED) is 0.789. The van der Waals surface area contributed by atoms with Gasteiger partial charge in [-0.15, -0.1) is 0 Å². The van der Waals surface area contributed by atoms with E-state index in [1.807, 2.05) is 11.8 Å². The van der Waals surface area contributed by atoms with E-state index in [4.69, 9.17) is 10.5 Å². The molecule has 0 aliphatic heterocycles. The molecular formula is C14H22N2O2. The highest BCUT2D eigenvalue weighted by Gasteiger charge is 2.16. The summed E-state index contributed by atoms with van der Waals surface area (Å²) in [5.41, 5.74) is 6.91. The Bertz CT molecular complexity index is 405. The van der Waals surface area contributed by atoms with Gasteiger partial charge in [-0.25, -0.2) is 0 Å². The summed E-state index contributed by atoms with van der Waals surface area (Å²) in [6.45, 7) is 5.56. The number of unbranched alkanes of at least 4 members (excludes halogenated alkanes) is 1. The lowest BCUT2D eigenvalue weighted by Crippen LogP contribution is -2.32. The van der Waals surface area contributed by atoms with Gasteiger partial charge in [-0.05, 0) is 25.5 Å². The largest absolute Gasteiger partial charge is 0.497 e. The van der Waals surface area contributed by atoms with Crippen LogP contribution in [-0.4, -0.2) is 31.0 Å². The molecule has 0 aromatic heterocycles. The van der Waals surface area contributed by atoms with Crippen LogP contribution in [0, 0.1) is 0 Å². The molecule has 1 aromatic carbocycles. The summed E-state index contributed by atoms with van der Waals surface area (Å²) in [6.07, 6.45) is 2.08. The summed E-state index contributed by atoms with van der Waals surface area (Å²) in [5.74, 6) is 0.659. The van der Waals surface area contributed by atoms with Gasteiger partial charge in [-0.3, -0.25) is 4.79 Å². The zero-order valence-electron chi connectivity index (χ0n) is 11.4. The maximum Gasteiger partial charge on any atom is 0.255 e. The highest BCUT2D eigenvalue weighted by Crippen LogP contribution is 2.21. The Morgan fingerprint density at radius 2 is 2.11 bits per heavy atom. The first-order valence-electron chi connectivity index (χ1n) is 6.36. The van der Waals surface area contributed by atoms with Gasteiger partial charge in [0.1, 0.15) is 5.75 Å². The number of hydrogen-bond acceptors (Lipinski definition) is 3. The highest BCUT2D eigenvalue weighted by atomic mass is 16.5. The summed E-state index contributed by atoms with van der Waals surface area (Å²) >= 11 is 0. The van der Waals surface area contributed by atoms with E-state index in [0.717, 1.165) is 19.4 Å². The average molecular weight is 250 g/mol. The van der Waals surface area contributed by atoms with E-state index in [9.17, 15) is 4.79 Å². The summed E-state index contributed by atoms with van der Waals surface area (Å²) in [5, 5.41) is 0. The maximum atomic E-state index is 12.3. The summed E-state index contributed by atoms with van der Waals surface area (Å²) < 4.78 is 5.08. The number of nitrogens with zero attached hydrogens (tertiary/aromatic N) is 1. The Morgan fingerprint density at radius 3 is 2.61 bits per heavy atom.